The number of nitrogens with one attached hydrogen (secondary N) is 1. The van der Waals surface area contributed by atoms with Crippen molar-refractivity contribution >= 4 is 33.4 Å². The van der Waals surface area contributed by atoms with E-state index in [2.05, 4.69) is 29.8 Å². The van der Waals surface area contributed by atoms with Gasteiger partial charge in [-0.05, 0) is 18.2 Å². The Morgan fingerprint density at radius 2 is 1.86 bits per heavy atom. The van der Waals surface area contributed by atoms with E-state index >= 15 is 0 Å². The Hall–Kier alpha value is -4.20. The highest BCUT2D eigenvalue weighted by atomic mass is 16.1. The molecule has 2 aliphatic heterocycles. The summed E-state index contributed by atoms with van der Waals surface area (Å²) in [5.41, 5.74) is 2.96. The first kappa shape index (κ1) is 16.9. The Kier molecular flexibility index (Phi) is 4.14. The lowest BCUT2D eigenvalue weighted by molar-refractivity contribution is 0.806. The average Bonchev–Trinajstić information content (AvgIpc) is 2.70. The Labute approximate surface area is 165 Å². The van der Waals surface area contributed by atoms with Gasteiger partial charge in [-0.2, -0.15) is 0 Å². The van der Waals surface area contributed by atoms with Crippen LogP contribution in [0.15, 0.2) is 78.4 Å². The van der Waals surface area contributed by atoms with Crippen molar-refractivity contribution < 1.29 is 0 Å². The number of hydrogen-bond donors (Lipinski definition) is 1. The topological polar surface area (TPSA) is 101 Å². The number of hydrogen-bond acceptors (Lipinski definition) is 7. The summed E-state index contributed by atoms with van der Waals surface area (Å²) in [6, 6.07) is 12.2. The standard InChI is InChI=1S/C21H15N7O/c29-17-11-14-5-1-2-6-15(14)27-20-18-19-16(12-28(19)21(18)26-13-25-20)23-9-3-7-22-8-4-10-24-17/h1-11,13,23H,12H2. The number of aromatic nitrogens is 6. The van der Waals surface area contributed by atoms with Crippen molar-refractivity contribution in [2.45, 2.75) is 6.54 Å². The van der Waals surface area contributed by atoms with E-state index in [-0.39, 0.29) is 5.56 Å². The predicted molar refractivity (Wildman–Crippen MR) is 110 cm³/mol. The first-order valence-electron chi connectivity index (χ1n) is 9.01. The van der Waals surface area contributed by atoms with Gasteiger partial charge in [0.2, 0.25) is 0 Å². The van der Waals surface area contributed by atoms with Gasteiger partial charge >= 0.3 is 0 Å². The van der Waals surface area contributed by atoms with E-state index in [1.54, 1.807) is 24.5 Å². The van der Waals surface area contributed by atoms with Gasteiger partial charge in [-0.25, -0.2) is 19.9 Å². The molecule has 2 aromatic heterocycles. The van der Waals surface area contributed by atoms with Crippen molar-refractivity contribution in [1.82, 2.24) is 29.9 Å². The van der Waals surface area contributed by atoms with Gasteiger partial charge in [-0.3, -0.25) is 9.78 Å². The number of benzene rings is 1. The third kappa shape index (κ3) is 3.06. The van der Waals surface area contributed by atoms with Crippen molar-refractivity contribution in [1.29, 1.82) is 0 Å². The second kappa shape index (κ2) is 7.08. The van der Waals surface area contributed by atoms with Gasteiger partial charge in [-0.15, -0.1) is 0 Å². The third-order valence-electron chi connectivity index (χ3n) is 4.60. The minimum absolute atomic E-state index is 0.377. The molecule has 29 heavy (non-hydrogen) atoms. The van der Waals surface area contributed by atoms with E-state index in [1.807, 2.05) is 30.5 Å². The highest BCUT2D eigenvalue weighted by Crippen LogP contribution is 2.52. The van der Waals surface area contributed by atoms with E-state index in [0.717, 1.165) is 29.1 Å². The Morgan fingerprint density at radius 3 is 2.83 bits per heavy atom. The maximum absolute atomic E-state index is 12.2. The average molecular weight is 381 g/mol. The molecule has 0 spiro atoms. The zero-order chi connectivity index (χ0) is 19.6. The van der Waals surface area contributed by atoms with Gasteiger partial charge in [0.05, 0.1) is 28.8 Å². The molecule has 0 amide bonds. The number of aromatic amines is 1. The summed E-state index contributed by atoms with van der Waals surface area (Å²) in [6.07, 6.45) is 7.95. The molecule has 8 nitrogen and oxygen atoms in total. The van der Waals surface area contributed by atoms with Crippen LogP contribution in [-0.2, 0) is 6.54 Å². The van der Waals surface area contributed by atoms with Crippen LogP contribution in [0, 0.1) is 0 Å². The van der Waals surface area contributed by atoms with Crippen LogP contribution in [-0.4, -0.2) is 29.9 Å². The number of nitrogens with zero attached hydrogens (tertiary/aromatic N) is 6. The molecule has 140 valence electrons. The molecule has 1 N–H and O–H groups in total. The quantitative estimate of drug-likeness (QED) is 0.639. The van der Waals surface area contributed by atoms with Crippen molar-refractivity contribution in [3.05, 3.63) is 89.6 Å². The van der Waals surface area contributed by atoms with Crippen molar-refractivity contribution in [3.8, 4) is 0 Å². The first-order valence-corrected chi connectivity index (χ1v) is 9.01. The lowest BCUT2D eigenvalue weighted by atomic mass is 10.00. The molecule has 2 aliphatic rings. The maximum atomic E-state index is 12.2. The third-order valence-corrected chi connectivity index (χ3v) is 4.60. The zero-order valence-corrected chi connectivity index (χ0v) is 15.2. The lowest BCUT2D eigenvalue weighted by Gasteiger charge is -2.41. The molecule has 0 saturated heterocycles. The summed E-state index contributed by atoms with van der Waals surface area (Å²) in [6.45, 7) is 0.759. The van der Waals surface area contributed by atoms with Crippen LogP contribution < -0.4 is 10.5 Å². The Bertz CT molecular complexity index is 1380. The minimum Gasteiger partial charge on any atom is -0.362 e. The van der Waals surface area contributed by atoms with Crippen LogP contribution in [0.2, 0.25) is 0 Å². The van der Waals surface area contributed by atoms with Gasteiger partial charge in [0.25, 0.3) is 5.56 Å². The number of para-hydroxylation sites is 1. The first-order chi connectivity index (χ1) is 14.3. The van der Waals surface area contributed by atoms with E-state index in [1.165, 1.54) is 18.6 Å². The highest BCUT2D eigenvalue weighted by molar-refractivity contribution is 6.12. The fraction of sp³-hybridized carbons (Fsp3) is 0.0476. The molecule has 5 rings (SSSR count). The predicted octanol–water partition coefficient (Wildman–Crippen LogP) is 2.99. The second-order valence-electron chi connectivity index (χ2n) is 6.38. The van der Waals surface area contributed by atoms with Crippen LogP contribution in [0.4, 0.5) is 11.5 Å². The van der Waals surface area contributed by atoms with Gasteiger partial charge in [0.1, 0.15) is 12.1 Å². The Balaban J connectivity index is 1.87. The fourth-order valence-corrected chi connectivity index (χ4v) is 3.27. The van der Waals surface area contributed by atoms with Gasteiger partial charge < -0.3 is 9.88 Å². The van der Waals surface area contributed by atoms with Gasteiger partial charge in [0.15, 0.2) is 5.65 Å². The van der Waals surface area contributed by atoms with Crippen LogP contribution in [0.25, 0.3) is 21.9 Å². The molecule has 0 aliphatic carbocycles. The maximum Gasteiger partial charge on any atom is 0.270 e. The molecule has 0 atom stereocenters. The lowest BCUT2D eigenvalue weighted by Crippen LogP contribution is -2.35. The summed E-state index contributed by atoms with van der Waals surface area (Å²) >= 11 is 0. The molecule has 4 heterocycles. The fourth-order valence-electron chi connectivity index (χ4n) is 3.27. The van der Waals surface area contributed by atoms with Gasteiger partial charge in [0, 0.05) is 36.2 Å². The molecular formula is C21H15N7O. The Morgan fingerprint density at radius 1 is 0.966 bits per heavy atom. The minimum atomic E-state index is -0.377. The summed E-state index contributed by atoms with van der Waals surface area (Å²) in [5, 5.41) is 1.58. The number of fused-ring (bicyclic) bond motifs is 2. The molecule has 0 radical (unpaired) electrons. The van der Waals surface area contributed by atoms with Crippen molar-refractivity contribution in [3.63, 3.8) is 0 Å². The van der Waals surface area contributed by atoms with Crippen LogP contribution in [0.3, 0.4) is 0 Å². The molecule has 0 saturated carbocycles. The van der Waals surface area contributed by atoms with Crippen LogP contribution in [0.5, 0.6) is 0 Å². The largest absolute Gasteiger partial charge is 0.362 e. The summed E-state index contributed by atoms with van der Waals surface area (Å²) < 4.78 is 0. The number of rotatable bonds is 0. The van der Waals surface area contributed by atoms with Gasteiger partial charge in [-0.1, -0.05) is 18.2 Å². The smallest absolute Gasteiger partial charge is 0.270 e. The van der Waals surface area contributed by atoms with Crippen LogP contribution in [0.1, 0.15) is 5.69 Å². The number of anilines is 2. The number of H-pyrrole nitrogens is 1. The van der Waals surface area contributed by atoms with E-state index in [9.17, 15) is 4.79 Å². The molecule has 1 aromatic carbocycles. The molecule has 8 heteroatoms. The van der Waals surface area contributed by atoms with Crippen molar-refractivity contribution in [2.75, 3.05) is 4.90 Å². The van der Waals surface area contributed by atoms with E-state index < -0.39 is 0 Å². The normalized spacial score (nSPS) is 12.1. The van der Waals surface area contributed by atoms with E-state index in [4.69, 9.17) is 4.98 Å². The summed E-state index contributed by atoms with van der Waals surface area (Å²) in [5.74, 6) is 0.867. The second-order valence-corrected chi connectivity index (χ2v) is 6.38. The molecule has 0 fully saturated rings. The summed E-state index contributed by atoms with van der Waals surface area (Å²) in [4.78, 5) is 39.0. The SMILES string of the molecule is O=c1cc2ccccc2nc2ncnc3c2c2c([nH]cccncccn1)CN32. The monoisotopic (exact) mass is 381 g/mol. The molecular weight excluding hydrogens is 366 g/mol. The zero-order valence-electron chi connectivity index (χ0n) is 15.2. The summed E-state index contributed by atoms with van der Waals surface area (Å²) in [7, 11) is 0. The molecule has 0 unspecified atom stereocenters. The molecule has 0 bridgehead atoms. The van der Waals surface area contributed by atoms with Crippen LogP contribution >= 0.6 is 0 Å². The van der Waals surface area contributed by atoms with Crippen molar-refractivity contribution in [2.24, 2.45) is 0 Å². The van der Waals surface area contributed by atoms with E-state index in [0.29, 0.717) is 16.6 Å². The molecule has 3 aromatic rings. The highest BCUT2D eigenvalue weighted by Gasteiger charge is 2.38.